The van der Waals surface area contributed by atoms with Gasteiger partial charge in [-0.25, -0.2) is 23.3 Å². The first kappa shape index (κ1) is 26.7. The number of imidazole rings is 1. The number of aromatic nitrogens is 5. The minimum absolute atomic E-state index is 0.168. The average molecular weight is 578 g/mol. The Kier molecular flexibility index (Phi) is 7.47. The summed E-state index contributed by atoms with van der Waals surface area (Å²) in [6.45, 7) is 6.69. The van der Waals surface area contributed by atoms with Gasteiger partial charge in [0.25, 0.3) is 5.22 Å². The van der Waals surface area contributed by atoms with Crippen LogP contribution in [0, 0.1) is 6.92 Å². The summed E-state index contributed by atoms with van der Waals surface area (Å²) in [5, 5.41) is 0.494. The number of nitrogens with two attached hydrogens (primary N) is 1. The van der Waals surface area contributed by atoms with Crippen molar-refractivity contribution in [2.75, 3.05) is 18.8 Å². The van der Waals surface area contributed by atoms with E-state index in [4.69, 9.17) is 15.1 Å². The molecule has 2 aromatic carbocycles. The molecule has 1 aliphatic heterocycles. The van der Waals surface area contributed by atoms with Crippen LogP contribution in [0.5, 0.6) is 0 Å². The fourth-order valence-corrected chi connectivity index (χ4v) is 7.13. The maximum absolute atomic E-state index is 13.0. The van der Waals surface area contributed by atoms with E-state index in [2.05, 4.69) is 9.97 Å². The molecule has 1 atom stereocenters. The van der Waals surface area contributed by atoms with Crippen molar-refractivity contribution in [3.63, 3.8) is 0 Å². The molecule has 0 radical (unpaired) electrons. The summed E-state index contributed by atoms with van der Waals surface area (Å²) in [4.78, 5) is 27.2. The molecule has 4 heterocycles. The summed E-state index contributed by atoms with van der Waals surface area (Å²) in [7, 11) is -1.20. The van der Waals surface area contributed by atoms with Gasteiger partial charge in [0.2, 0.25) is 0 Å². The Bertz CT molecular complexity index is 1770. The Morgan fingerprint density at radius 2 is 1.80 bits per heavy atom. The van der Waals surface area contributed by atoms with Crippen molar-refractivity contribution in [2.45, 2.75) is 62.1 Å². The minimum Gasteiger partial charge on any atom is -0.431 e. The second-order valence-corrected chi connectivity index (χ2v) is 12.3. The molecule has 1 aliphatic rings. The predicted octanol–water partition coefficient (Wildman–Crippen LogP) is 4.49. The van der Waals surface area contributed by atoms with Gasteiger partial charge in [-0.1, -0.05) is 48.0 Å². The molecule has 0 spiro atoms. The number of piperidine rings is 1. The van der Waals surface area contributed by atoms with Gasteiger partial charge in [-0.3, -0.25) is 4.57 Å². The normalized spacial score (nSPS) is 15.2. The van der Waals surface area contributed by atoms with Crippen LogP contribution in [0.25, 0.3) is 22.3 Å². The number of hydrogen-bond acceptors (Lipinski definition) is 8. The summed E-state index contributed by atoms with van der Waals surface area (Å²) < 4.78 is 24.6. The van der Waals surface area contributed by atoms with E-state index in [0.29, 0.717) is 46.3 Å². The number of anilines is 1. The molecule has 0 bridgehead atoms. The Labute approximate surface area is 238 Å². The number of benzene rings is 2. The number of nitrogens with zero attached hydrogens (tertiary/aromatic N) is 6. The van der Waals surface area contributed by atoms with E-state index in [9.17, 15) is 9.00 Å². The highest BCUT2D eigenvalue weighted by Crippen LogP contribution is 2.30. The first-order valence-corrected chi connectivity index (χ1v) is 15.5. The van der Waals surface area contributed by atoms with Crippen molar-refractivity contribution in [2.24, 2.45) is 0 Å². The fraction of sp³-hybridized carbons (Fsp3) is 0.357. The van der Waals surface area contributed by atoms with Crippen molar-refractivity contribution in [1.82, 2.24) is 28.4 Å². The molecule has 1 unspecified atom stereocenters. The number of rotatable bonds is 8. The molecule has 2 N–H and O–H groups in total. The van der Waals surface area contributed by atoms with Crippen LogP contribution in [0.3, 0.4) is 0 Å². The molecule has 5 aromatic rings. The maximum atomic E-state index is 13.0. The van der Waals surface area contributed by atoms with Crippen LogP contribution in [0.1, 0.15) is 43.1 Å². The van der Waals surface area contributed by atoms with Gasteiger partial charge in [-0.2, -0.15) is 4.98 Å². The molecule has 6 rings (SSSR count). The molecule has 3 aromatic heterocycles. The second kappa shape index (κ2) is 11.2. The van der Waals surface area contributed by atoms with E-state index in [1.54, 1.807) is 4.57 Å². The third kappa shape index (κ3) is 5.18. The first-order chi connectivity index (χ1) is 19.4. The van der Waals surface area contributed by atoms with Crippen LogP contribution in [-0.4, -0.2) is 45.7 Å². The summed E-state index contributed by atoms with van der Waals surface area (Å²) in [5.41, 5.74) is 10.4. The van der Waals surface area contributed by atoms with Gasteiger partial charge in [-0.05, 0) is 50.5 Å². The van der Waals surface area contributed by atoms with Gasteiger partial charge < -0.3 is 14.7 Å². The quantitative estimate of drug-likeness (QED) is 0.268. The summed E-state index contributed by atoms with van der Waals surface area (Å²) >= 11 is 1.41. The lowest BCUT2D eigenvalue weighted by atomic mass is 10.1. The number of thioether (sulfide) groups is 1. The van der Waals surface area contributed by atoms with E-state index >= 15 is 0 Å². The van der Waals surface area contributed by atoms with Gasteiger partial charge in [-0.15, -0.1) is 0 Å². The second-order valence-electron chi connectivity index (χ2n) is 9.93. The molecule has 1 fully saturated rings. The number of hydrogen-bond donors (Lipinski definition) is 1. The highest BCUT2D eigenvalue weighted by molar-refractivity contribution is 7.98. The number of fused-ring (bicyclic) bond motifs is 2. The Balaban J connectivity index is 1.27. The molecule has 12 heteroatoms. The average Bonchev–Trinajstić information content (AvgIpc) is 3.55. The van der Waals surface area contributed by atoms with Crippen molar-refractivity contribution < 1.29 is 8.63 Å². The minimum atomic E-state index is -1.20. The van der Waals surface area contributed by atoms with Gasteiger partial charge in [0.15, 0.2) is 17.0 Å². The summed E-state index contributed by atoms with van der Waals surface area (Å²) in [6, 6.07) is 13.6. The SMILES string of the molecule is CCn1c(CSc2nc3cc(S(=O)N4CCCCC4)ccc3o2)nc2c1c(N)nc(=O)n2Cc1ccc(C)cc1. The first-order valence-electron chi connectivity index (χ1n) is 13.4. The van der Waals surface area contributed by atoms with Crippen molar-refractivity contribution in [3.05, 3.63) is 69.9 Å². The van der Waals surface area contributed by atoms with Crippen LogP contribution in [-0.2, 0) is 29.8 Å². The van der Waals surface area contributed by atoms with Crippen LogP contribution >= 0.6 is 11.8 Å². The predicted molar refractivity (Wildman–Crippen MR) is 158 cm³/mol. The monoisotopic (exact) mass is 577 g/mol. The highest BCUT2D eigenvalue weighted by atomic mass is 32.2. The zero-order chi connectivity index (χ0) is 27.8. The smallest absolute Gasteiger partial charge is 0.351 e. The fourth-order valence-electron chi connectivity index (χ4n) is 5.07. The van der Waals surface area contributed by atoms with E-state index in [-0.39, 0.29) is 5.82 Å². The number of nitrogen functional groups attached to an aromatic ring is 1. The zero-order valence-electron chi connectivity index (χ0n) is 22.5. The standard InChI is InChI=1S/C28H31N7O3S2/c1-3-34-23(31-26-24(34)25(29)32-27(36)35(26)16-19-9-7-18(2)8-10-19)17-39-28-30-21-15-20(11-12-22(21)38-28)40(37)33-13-5-4-6-14-33/h7-12,15H,3-6,13-14,16-17H2,1-2H3,(H2,29,32,36). The molecule has 0 amide bonds. The van der Waals surface area contributed by atoms with Gasteiger partial charge in [0.1, 0.15) is 27.8 Å². The number of oxazole rings is 1. The lowest BCUT2D eigenvalue weighted by Gasteiger charge is -2.24. The Hall–Kier alpha value is -3.48. The number of aryl methyl sites for hydroxylation is 2. The third-order valence-corrected chi connectivity index (χ3v) is 9.48. The largest absolute Gasteiger partial charge is 0.431 e. The van der Waals surface area contributed by atoms with Crippen molar-refractivity contribution >= 4 is 50.8 Å². The Morgan fingerprint density at radius 1 is 1.02 bits per heavy atom. The van der Waals surface area contributed by atoms with Crippen molar-refractivity contribution in [3.8, 4) is 0 Å². The molecular formula is C28H31N7O3S2. The lowest BCUT2D eigenvalue weighted by molar-refractivity contribution is 0.365. The molecule has 1 saturated heterocycles. The topological polar surface area (TPSA) is 125 Å². The van der Waals surface area contributed by atoms with E-state index in [1.807, 2.05) is 65.2 Å². The van der Waals surface area contributed by atoms with Gasteiger partial charge >= 0.3 is 5.69 Å². The molecule has 208 valence electrons. The maximum Gasteiger partial charge on any atom is 0.351 e. The third-order valence-electron chi connectivity index (χ3n) is 7.17. The van der Waals surface area contributed by atoms with Crippen LogP contribution < -0.4 is 11.4 Å². The van der Waals surface area contributed by atoms with Crippen LogP contribution in [0.2, 0.25) is 0 Å². The van der Waals surface area contributed by atoms with Crippen molar-refractivity contribution in [1.29, 1.82) is 0 Å². The zero-order valence-corrected chi connectivity index (χ0v) is 24.1. The van der Waals surface area contributed by atoms with Gasteiger partial charge in [0, 0.05) is 19.6 Å². The molecule has 10 nitrogen and oxygen atoms in total. The molecular weight excluding hydrogens is 546 g/mol. The summed E-state index contributed by atoms with van der Waals surface area (Å²) in [6.07, 6.45) is 3.34. The molecule has 40 heavy (non-hydrogen) atoms. The molecule has 0 saturated carbocycles. The van der Waals surface area contributed by atoms with E-state index in [1.165, 1.54) is 18.2 Å². The Morgan fingerprint density at radius 3 is 2.55 bits per heavy atom. The van der Waals surface area contributed by atoms with E-state index < -0.39 is 16.7 Å². The summed E-state index contributed by atoms with van der Waals surface area (Å²) in [5.74, 6) is 1.37. The molecule has 0 aliphatic carbocycles. The van der Waals surface area contributed by atoms with Crippen LogP contribution in [0.4, 0.5) is 5.82 Å². The van der Waals surface area contributed by atoms with E-state index in [0.717, 1.165) is 47.8 Å². The van der Waals surface area contributed by atoms with Crippen LogP contribution in [0.15, 0.2) is 61.8 Å². The van der Waals surface area contributed by atoms with Gasteiger partial charge in [0.05, 0.1) is 17.2 Å². The lowest BCUT2D eigenvalue weighted by Crippen LogP contribution is -2.31. The highest BCUT2D eigenvalue weighted by Gasteiger charge is 2.21.